The van der Waals surface area contributed by atoms with Crippen molar-refractivity contribution in [2.75, 3.05) is 27.2 Å². The van der Waals surface area contributed by atoms with E-state index < -0.39 is 65.8 Å². The number of likely N-dealkylation sites (N-methyl/N-ethyl adjacent to an activating group) is 2. The van der Waals surface area contributed by atoms with Gasteiger partial charge in [0, 0.05) is 33.6 Å². The third-order valence-corrected chi connectivity index (χ3v) is 8.00. The van der Waals surface area contributed by atoms with Crippen LogP contribution in [0.3, 0.4) is 0 Å². The van der Waals surface area contributed by atoms with Gasteiger partial charge in [0.05, 0.1) is 6.42 Å². The minimum atomic E-state index is -1.18. The van der Waals surface area contributed by atoms with Crippen molar-refractivity contribution in [3.05, 3.63) is 12.7 Å². The van der Waals surface area contributed by atoms with Gasteiger partial charge in [-0.3, -0.25) is 28.8 Å². The minimum Gasteiger partial charge on any atom is -0.452 e. The molecule has 2 aliphatic rings. The number of ether oxygens (including phenoxy) is 1. The van der Waals surface area contributed by atoms with Gasteiger partial charge >= 0.3 is 5.97 Å². The molecule has 0 unspecified atom stereocenters. The maximum atomic E-state index is 13.8. The van der Waals surface area contributed by atoms with Crippen LogP contribution < -0.4 is 10.6 Å². The quantitative estimate of drug-likeness (QED) is 0.370. The van der Waals surface area contributed by atoms with Gasteiger partial charge in [-0.1, -0.05) is 40.7 Å². The number of amides is 5. The van der Waals surface area contributed by atoms with Crippen molar-refractivity contribution in [1.82, 2.24) is 25.3 Å². The molecule has 2 rings (SSSR count). The van der Waals surface area contributed by atoms with Crippen molar-refractivity contribution in [2.45, 2.75) is 91.1 Å². The van der Waals surface area contributed by atoms with Gasteiger partial charge in [0.2, 0.25) is 23.6 Å². The first-order valence-corrected chi connectivity index (χ1v) is 14.4. The molecule has 0 aromatic heterocycles. The van der Waals surface area contributed by atoms with Crippen LogP contribution in [0.4, 0.5) is 0 Å². The molecule has 5 amide bonds. The predicted octanol–water partition coefficient (Wildman–Crippen LogP) is 0.702. The molecule has 230 valence electrons. The summed E-state index contributed by atoms with van der Waals surface area (Å²) in [6.45, 7) is 14.5. The Kier molecular flexibility index (Phi) is 11.9. The van der Waals surface area contributed by atoms with Crippen LogP contribution in [-0.4, -0.2) is 108 Å². The normalized spacial score (nSPS) is 30.0. The molecule has 0 aliphatic carbocycles. The molecule has 0 aromatic rings. The molecule has 2 heterocycles. The molecule has 2 N–H and O–H groups in total. The highest BCUT2D eigenvalue weighted by Crippen LogP contribution is 2.27. The number of carbonyl (C=O) groups excluding carboxylic acids is 6. The van der Waals surface area contributed by atoms with E-state index in [-0.39, 0.29) is 43.7 Å². The van der Waals surface area contributed by atoms with Gasteiger partial charge < -0.3 is 30.1 Å². The van der Waals surface area contributed by atoms with Crippen molar-refractivity contribution in [3.8, 4) is 0 Å². The van der Waals surface area contributed by atoms with Crippen LogP contribution >= 0.6 is 0 Å². The Balaban J connectivity index is 2.54. The third kappa shape index (κ3) is 7.85. The fourth-order valence-electron chi connectivity index (χ4n) is 5.36. The number of cyclic esters (lactones) is 1. The zero-order valence-corrected chi connectivity index (χ0v) is 25.6. The summed E-state index contributed by atoms with van der Waals surface area (Å²) in [7, 11) is 3.00. The second kappa shape index (κ2) is 14.5. The van der Waals surface area contributed by atoms with E-state index in [1.807, 2.05) is 6.92 Å². The Morgan fingerprint density at radius 3 is 2.12 bits per heavy atom. The smallest absolute Gasteiger partial charge is 0.308 e. The highest BCUT2D eigenvalue weighted by atomic mass is 16.5. The zero-order valence-electron chi connectivity index (χ0n) is 25.6. The first kappa shape index (κ1) is 33.8. The molecule has 0 radical (unpaired) electrons. The monoisotopic (exact) mass is 577 g/mol. The Morgan fingerprint density at radius 2 is 1.56 bits per heavy atom. The van der Waals surface area contributed by atoms with Gasteiger partial charge in [-0.05, 0) is 31.1 Å². The minimum absolute atomic E-state index is 0.0502. The molecule has 0 bridgehead atoms. The van der Waals surface area contributed by atoms with Crippen LogP contribution in [0.25, 0.3) is 0 Å². The number of nitrogens with zero attached hydrogens (tertiary/aromatic N) is 3. The van der Waals surface area contributed by atoms with Crippen molar-refractivity contribution < 1.29 is 33.5 Å². The molecule has 0 aromatic carbocycles. The molecule has 0 saturated carbocycles. The molecule has 41 heavy (non-hydrogen) atoms. The number of nitrogens with one attached hydrogen (secondary N) is 2. The lowest BCUT2D eigenvalue weighted by Crippen LogP contribution is -2.61. The lowest BCUT2D eigenvalue weighted by molar-refractivity contribution is -0.161. The first-order valence-electron chi connectivity index (χ1n) is 14.4. The summed E-state index contributed by atoms with van der Waals surface area (Å²) in [5.41, 5.74) is 0. The Bertz CT molecular complexity index is 1030. The molecule has 2 saturated heterocycles. The molecule has 6 atom stereocenters. The average molecular weight is 578 g/mol. The fourth-order valence-corrected chi connectivity index (χ4v) is 5.36. The van der Waals surface area contributed by atoms with E-state index in [9.17, 15) is 28.8 Å². The predicted molar refractivity (Wildman–Crippen MR) is 152 cm³/mol. The molecule has 2 aliphatic heterocycles. The van der Waals surface area contributed by atoms with Crippen LogP contribution in [0.2, 0.25) is 0 Å². The topological polar surface area (TPSA) is 145 Å². The first-order chi connectivity index (χ1) is 19.1. The fraction of sp³-hybridized carbons (Fsp3) is 0.724. The summed E-state index contributed by atoms with van der Waals surface area (Å²) in [5, 5.41) is 5.49. The van der Waals surface area contributed by atoms with Crippen LogP contribution in [0.1, 0.15) is 60.8 Å². The lowest BCUT2D eigenvalue weighted by Gasteiger charge is -2.38. The van der Waals surface area contributed by atoms with E-state index >= 15 is 0 Å². The molecular weight excluding hydrogens is 530 g/mol. The summed E-state index contributed by atoms with van der Waals surface area (Å²) in [4.78, 5) is 84.1. The van der Waals surface area contributed by atoms with Crippen molar-refractivity contribution in [1.29, 1.82) is 0 Å². The number of fused-ring (bicyclic) bond motifs is 1. The highest BCUT2D eigenvalue weighted by molar-refractivity contribution is 5.96. The Hall–Kier alpha value is -3.44. The summed E-state index contributed by atoms with van der Waals surface area (Å²) in [5.74, 6) is -3.90. The van der Waals surface area contributed by atoms with Crippen molar-refractivity contribution in [3.63, 3.8) is 0 Å². The van der Waals surface area contributed by atoms with Crippen LogP contribution in [0.5, 0.6) is 0 Å². The van der Waals surface area contributed by atoms with Gasteiger partial charge in [-0.15, -0.1) is 6.58 Å². The maximum Gasteiger partial charge on any atom is 0.308 e. The molecule has 12 heteroatoms. The highest BCUT2D eigenvalue weighted by Gasteiger charge is 2.44. The van der Waals surface area contributed by atoms with Gasteiger partial charge in [0.1, 0.15) is 24.2 Å². The van der Waals surface area contributed by atoms with Gasteiger partial charge in [0.15, 0.2) is 6.10 Å². The van der Waals surface area contributed by atoms with E-state index in [2.05, 4.69) is 17.2 Å². The SMILES string of the molecule is C=CC[C@H]1OC(=O)CCNC(=O)[C@H](C)N(C)C(=O)[C@H](C(C)C)N(C)C(=O)[C@H](C(C)C)NC(=O)[C@@H]2[C@@H](C)CCN2C1=O. The molecule has 12 nitrogen and oxygen atoms in total. The van der Waals surface area contributed by atoms with E-state index in [1.165, 1.54) is 34.9 Å². The standard InChI is InChI=1S/C29H47N5O7/c1-10-11-20-27(38)34-15-13-18(6)24(34)26(37)31-22(16(2)3)28(39)33(9)23(17(4)5)29(40)32(8)19(7)25(36)30-14-12-21(35)41-20/h10,16-20,22-24H,1,11-15H2,2-9H3,(H,30,36)(H,31,37)/t18-,19-,20+,22-,23-,24-/m0/s1. The van der Waals surface area contributed by atoms with E-state index in [4.69, 9.17) is 4.74 Å². The van der Waals surface area contributed by atoms with E-state index in [0.717, 1.165) is 0 Å². The molecule has 2 fully saturated rings. The van der Waals surface area contributed by atoms with Gasteiger partial charge in [0.25, 0.3) is 5.91 Å². The van der Waals surface area contributed by atoms with E-state index in [0.29, 0.717) is 6.42 Å². The van der Waals surface area contributed by atoms with Crippen LogP contribution in [0, 0.1) is 17.8 Å². The average Bonchev–Trinajstić information content (AvgIpc) is 3.29. The Morgan fingerprint density at radius 1 is 0.927 bits per heavy atom. The van der Waals surface area contributed by atoms with Gasteiger partial charge in [-0.25, -0.2) is 0 Å². The number of rotatable bonds is 4. The summed E-state index contributed by atoms with van der Waals surface area (Å²) in [6, 6.07) is -3.64. The van der Waals surface area contributed by atoms with E-state index in [1.54, 1.807) is 34.6 Å². The summed E-state index contributed by atoms with van der Waals surface area (Å²) in [6.07, 6.45) is 0.694. The number of hydrogen-bond acceptors (Lipinski definition) is 7. The Labute approximate surface area is 243 Å². The zero-order chi connectivity index (χ0) is 31.2. The lowest BCUT2D eigenvalue weighted by atomic mass is 9.96. The molecule has 0 spiro atoms. The number of carbonyl (C=O) groups is 6. The van der Waals surface area contributed by atoms with Gasteiger partial charge in [-0.2, -0.15) is 0 Å². The van der Waals surface area contributed by atoms with Crippen molar-refractivity contribution >= 4 is 35.5 Å². The third-order valence-electron chi connectivity index (χ3n) is 8.00. The number of hydrogen-bond donors (Lipinski definition) is 2. The summed E-state index contributed by atoms with van der Waals surface area (Å²) < 4.78 is 5.47. The van der Waals surface area contributed by atoms with Crippen LogP contribution in [-0.2, 0) is 33.5 Å². The van der Waals surface area contributed by atoms with Crippen LogP contribution in [0.15, 0.2) is 12.7 Å². The molecular formula is C29H47N5O7. The second-order valence-corrected chi connectivity index (χ2v) is 11.8. The maximum absolute atomic E-state index is 13.8. The summed E-state index contributed by atoms with van der Waals surface area (Å²) >= 11 is 0. The largest absolute Gasteiger partial charge is 0.452 e. The number of esters is 1. The second-order valence-electron chi connectivity index (χ2n) is 11.8. The van der Waals surface area contributed by atoms with Crippen molar-refractivity contribution in [2.24, 2.45) is 17.8 Å².